The zero-order chi connectivity index (χ0) is 24.2. The Morgan fingerprint density at radius 3 is 2.80 bits per heavy atom. The quantitative estimate of drug-likeness (QED) is 0.151. The second-order valence-corrected chi connectivity index (χ2v) is 8.88. The second kappa shape index (κ2) is 10.1. The van der Waals surface area contributed by atoms with E-state index in [1.54, 1.807) is 24.3 Å². The van der Waals surface area contributed by atoms with E-state index in [0.717, 1.165) is 28.6 Å². The number of nitrogens with zero attached hydrogens (tertiary/aromatic N) is 5. The number of nitro groups is 1. The van der Waals surface area contributed by atoms with Crippen molar-refractivity contribution in [3.05, 3.63) is 81.1 Å². The van der Waals surface area contributed by atoms with Gasteiger partial charge in [0.1, 0.15) is 28.3 Å². The molecule has 0 saturated carbocycles. The lowest BCUT2D eigenvalue weighted by Gasteiger charge is -2.06. The summed E-state index contributed by atoms with van der Waals surface area (Å²) < 4.78 is 13.9. The van der Waals surface area contributed by atoms with Gasteiger partial charge in [0.15, 0.2) is 5.82 Å². The molecule has 0 spiro atoms. The van der Waals surface area contributed by atoms with Crippen LogP contribution < -0.4 is 10.6 Å². The van der Waals surface area contributed by atoms with Gasteiger partial charge in [-0.15, -0.1) is 0 Å². The highest BCUT2D eigenvalue weighted by atomic mass is 32.1. The number of rotatable bonds is 10. The van der Waals surface area contributed by atoms with Crippen LogP contribution >= 0.6 is 11.3 Å². The zero-order valence-corrected chi connectivity index (χ0v) is 19.3. The molecule has 5 aromatic rings. The maximum absolute atomic E-state index is 13.9. The number of nitrogens with one attached hydrogen (secondary N) is 3. The highest BCUT2D eigenvalue weighted by Gasteiger charge is 2.12. The third-order valence-corrected chi connectivity index (χ3v) is 6.45. The molecular formula is C23H21FN8O2S. The lowest BCUT2D eigenvalue weighted by Crippen LogP contribution is -2.20. The summed E-state index contributed by atoms with van der Waals surface area (Å²) >= 11 is 1.51. The van der Waals surface area contributed by atoms with Crippen molar-refractivity contribution in [2.45, 2.75) is 19.4 Å². The first-order valence-electron chi connectivity index (χ1n) is 11.0. The first kappa shape index (κ1) is 22.7. The number of anilines is 1. The maximum atomic E-state index is 13.9. The SMILES string of the molecule is O=[N+]([O-])c1ccc2nc(CCNCCc3nc4c(NCc5ccccc5F)ncnc4s3)[nH]c2c1. The monoisotopic (exact) mass is 492 g/mol. The number of halogens is 1. The molecule has 0 saturated heterocycles. The van der Waals surface area contributed by atoms with E-state index in [9.17, 15) is 14.5 Å². The van der Waals surface area contributed by atoms with E-state index in [1.807, 2.05) is 0 Å². The average Bonchev–Trinajstić information content (AvgIpc) is 3.46. The van der Waals surface area contributed by atoms with Crippen LogP contribution in [0.5, 0.6) is 0 Å². The molecule has 2 aromatic carbocycles. The van der Waals surface area contributed by atoms with E-state index in [1.165, 1.54) is 35.9 Å². The lowest BCUT2D eigenvalue weighted by atomic mass is 10.2. The highest BCUT2D eigenvalue weighted by molar-refractivity contribution is 7.18. The molecule has 178 valence electrons. The summed E-state index contributed by atoms with van der Waals surface area (Å²) in [6.07, 6.45) is 2.87. The molecule has 0 bridgehead atoms. The Balaban J connectivity index is 1.14. The normalized spacial score (nSPS) is 11.3. The minimum atomic E-state index is -0.419. The van der Waals surface area contributed by atoms with Crippen molar-refractivity contribution < 1.29 is 9.31 Å². The summed E-state index contributed by atoms with van der Waals surface area (Å²) in [5.41, 5.74) is 2.64. The van der Waals surface area contributed by atoms with Crippen LogP contribution in [0.15, 0.2) is 48.8 Å². The molecule has 12 heteroatoms. The standard InChI is InChI=1S/C23H21FN8O2S/c24-16-4-2-1-3-14(16)12-26-22-21-23(28-13-27-22)35-20(31-21)8-10-25-9-7-19-29-17-6-5-15(32(33)34)11-18(17)30-19/h1-6,11,13,25H,7-10,12H2,(H,29,30)(H,26,27,28). The third kappa shape index (κ3) is 5.23. The van der Waals surface area contributed by atoms with E-state index in [2.05, 4.69) is 35.6 Å². The summed E-state index contributed by atoms with van der Waals surface area (Å²) in [5.74, 6) is 1.09. The van der Waals surface area contributed by atoms with Crippen LogP contribution in [0.1, 0.15) is 16.4 Å². The highest BCUT2D eigenvalue weighted by Crippen LogP contribution is 2.25. The number of aromatic nitrogens is 5. The van der Waals surface area contributed by atoms with Crippen molar-refractivity contribution in [2.24, 2.45) is 0 Å². The van der Waals surface area contributed by atoms with E-state index >= 15 is 0 Å². The average molecular weight is 493 g/mol. The smallest absolute Gasteiger partial charge is 0.271 e. The van der Waals surface area contributed by atoms with Crippen LogP contribution in [0.2, 0.25) is 0 Å². The van der Waals surface area contributed by atoms with Crippen molar-refractivity contribution in [3.8, 4) is 0 Å². The number of nitro benzene ring substituents is 1. The number of hydrogen-bond acceptors (Lipinski definition) is 9. The fourth-order valence-corrected chi connectivity index (χ4v) is 4.57. The van der Waals surface area contributed by atoms with Gasteiger partial charge in [-0.25, -0.2) is 24.3 Å². The number of H-pyrrole nitrogens is 1. The molecule has 3 aromatic heterocycles. The Kier molecular flexibility index (Phi) is 6.55. The summed E-state index contributed by atoms with van der Waals surface area (Å²) in [6, 6.07) is 11.2. The number of non-ortho nitro benzene ring substituents is 1. The first-order chi connectivity index (χ1) is 17.1. The molecule has 0 amide bonds. The minimum Gasteiger partial charge on any atom is -0.364 e. The number of benzene rings is 2. The van der Waals surface area contributed by atoms with Crippen molar-refractivity contribution in [1.29, 1.82) is 0 Å². The molecule has 0 aliphatic rings. The molecule has 5 rings (SSSR count). The number of aromatic amines is 1. The molecule has 10 nitrogen and oxygen atoms in total. The molecular weight excluding hydrogens is 471 g/mol. The summed E-state index contributed by atoms with van der Waals surface area (Å²) in [6.45, 7) is 1.72. The number of thiazole rings is 1. The number of imidazole rings is 1. The summed E-state index contributed by atoms with van der Waals surface area (Å²) in [5, 5.41) is 18.4. The van der Waals surface area contributed by atoms with Crippen LogP contribution in [-0.2, 0) is 19.4 Å². The third-order valence-electron chi connectivity index (χ3n) is 5.42. The van der Waals surface area contributed by atoms with Gasteiger partial charge in [-0.3, -0.25) is 10.1 Å². The van der Waals surface area contributed by atoms with Gasteiger partial charge < -0.3 is 15.6 Å². The van der Waals surface area contributed by atoms with Crippen LogP contribution in [0.25, 0.3) is 21.4 Å². The molecule has 0 fully saturated rings. The number of fused-ring (bicyclic) bond motifs is 2. The van der Waals surface area contributed by atoms with Crippen molar-refractivity contribution in [1.82, 2.24) is 30.2 Å². The Labute approximate surface area is 202 Å². The fraction of sp³-hybridized carbons (Fsp3) is 0.217. The minimum absolute atomic E-state index is 0.0388. The molecule has 0 aliphatic carbocycles. The molecule has 3 N–H and O–H groups in total. The summed E-state index contributed by atoms with van der Waals surface area (Å²) in [4.78, 5) is 32.2. The van der Waals surface area contributed by atoms with Crippen molar-refractivity contribution >= 4 is 44.2 Å². The van der Waals surface area contributed by atoms with Gasteiger partial charge in [0.2, 0.25) is 0 Å². The molecule has 3 heterocycles. The van der Waals surface area contributed by atoms with Gasteiger partial charge in [-0.1, -0.05) is 29.5 Å². The van der Waals surface area contributed by atoms with Crippen molar-refractivity contribution in [3.63, 3.8) is 0 Å². The number of hydrogen-bond donors (Lipinski definition) is 3. The Morgan fingerprint density at radius 2 is 1.94 bits per heavy atom. The first-order valence-corrected chi connectivity index (χ1v) is 11.8. The fourth-order valence-electron chi connectivity index (χ4n) is 3.66. The molecule has 0 atom stereocenters. The van der Waals surface area contributed by atoms with E-state index in [-0.39, 0.29) is 11.5 Å². The van der Waals surface area contributed by atoms with Crippen LogP contribution in [-0.4, -0.2) is 42.9 Å². The molecule has 0 aliphatic heterocycles. The lowest BCUT2D eigenvalue weighted by molar-refractivity contribution is -0.384. The zero-order valence-electron chi connectivity index (χ0n) is 18.5. The van der Waals surface area contributed by atoms with Gasteiger partial charge in [0.25, 0.3) is 5.69 Å². The Morgan fingerprint density at radius 1 is 1.09 bits per heavy atom. The van der Waals surface area contributed by atoms with Gasteiger partial charge >= 0.3 is 0 Å². The topological polar surface area (TPSA) is 135 Å². The Bertz CT molecular complexity index is 1500. The van der Waals surface area contributed by atoms with Gasteiger partial charge in [0.05, 0.1) is 21.0 Å². The van der Waals surface area contributed by atoms with Gasteiger partial charge in [-0.05, 0) is 12.1 Å². The van der Waals surface area contributed by atoms with Crippen LogP contribution in [0.3, 0.4) is 0 Å². The van der Waals surface area contributed by atoms with Crippen LogP contribution in [0, 0.1) is 15.9 Å². The predicted octanol–water partition coefficient (Wildman–Crippen LogP) is 4.00. The molecule has 35 heavy (non-hydrogen) atoms. The largest absolute Gasteiger partial charge is 0.364 e. The summed E-state index contributed by atoms with van der Waals surface area (Å²) in [7, 11) is 0. The second-order valence-electron chi connectivity index (χ2n) is 7.82. The molecule has 0 radical (unpaired) electrons. The van der Waals surface area contributed by atoms with Crippen LogP contribution in [0.4, 0.5) is 15.9 Å². The van der Waals surface area contributed by atoms with Gasteiger partial charge in [0, 0.05) is 50.2 Å². The Hall–Kier alpha value is -4.03. The van der Waals surface area contributed by atoms with E-state index in [4.69, 9.17) is 0 Å². The molecule has 0 unspecified atom stereocenters. The maximum Gasteiger partial charge on any atom is 0.271 e. The van der Waals surface area contributed by atoms with Crippen molar-refractivity contribution in [2.75, 3.05) is 18.4 Å². The van der Waals surface area contributed by atoms with E-state index in [0.29, 0.717) is 47.4 Å². The predicted molar refractivity (Wildman–Crippen MR) is 132 cm³/mol. The van der Waals surface area contributed by atoms with Gasteiger partial charge in [-0.2, -0.15) is 0 Å². The van der Waals surface area contributed by atoms with E-state index < -0.39 is 4.92 Å².